The predicted molar refractivity (Wildman–Crippen MR) is 67.2 cm³/mol. The third kappa shape index (κ3) is 2.31. The van der Waals surface area contributed by atoms with Crippen LogP contribution in [0.15, 0.2) is 17.4 Å². The molecule has 0 saturated carbocycles. The summed E-state index contributed by atoms with van der Waals surface area (Å²) in [6, 6.07) is 0.866. The van der Waals surface area contributed by atoms with Crippen LogP contribution < -0.4 is 0 Å². The standard InChI is InChI=1S/C12H16F2N4O2/c1-7-4-5-17(15-7)9(3)10(19)18-12(20,11(13)14)6-8(2)16-18/h4-5,9,11,20H,6H2,1-3H3/t9-,12-/m0/s1. The first kappa shape index (κ1) is 14.6. The topological polar surface area (TPSA) is 70.7 Å². The van der Waals surface area contributed by atoms with Gasteiger partial charge in [-0.15, -0.1) is 0 Å². The fourth-order valence-electron chi connectivity index (χ4n) is 2.09. The summed E-state index contributed by atoms with van der Waals surface area (Å²) in [5, 5.41) is 18.3. The van der Waals surface area contributed by atoms with Crippen molar-refractivity contribution in [2.45, 2.75) is 45.4 Å². The molecule has 1 aromatic heterocycles. The van der Waals surface area contributed by atoms with E-state index in [1.165, 1.54) is 18.5 Å². The fraction of sp³-hybridized carbons (Fsp3) is 0.583. The maximum Gasteiger partial charge on any atom is 0.287 e. The molecule has 0 unspecified atom stereocenters. The van der Waals surface area contributed by atoms with Gasteiger partial charge in [-0.25, -0.2) is 8.78 Å². The number of aliphatic hydroxyl groups is 1. The van der Waals surface area contributed by atoms with Crippen LogP contribution in [0.1, 0.15) is 32.0 Å². The second kappa shape index (κ2) is 4.93. The summed E-state index contributed by atoms with van der Waals surface area (Å²) in [5.74, 6) is -0.729. The maximum atomic E-state index is 13.0. The summed E-state index contributed by atoms with van der Waals surface area (Å²) in [4.78, 5) is 12.3. The molecule has 0 spiro atoms. The third-order valence-electron chi connectivity index (χ3n) is 3.21. The molecule has 1 N–H and O–H groups in total. The van der Waals surface area contributed by atoms with Crippen molar-refractivity contribution in [1.82, 2.24) is 14.8 Å². The Kier molecular flexibility index (Phi) is 3.59. The third-order valence-corrected chi connectivity index (χ3v) is 3.21. The van der Waals surface area contributed by atoms with Crippen LogP contribution in [0.4, 0.5) is 8.78 Å². The zero-order chi connectivity index (χ0) is 15.1. The van der Waals surface area contributed by atoms with E-state index in [0.29, 0.717) is 10.7 Å². The summed E-state index contributed by atoms with van der Waals surface area (Å²) in [6.45, 7) is 4.76. The van der Waals surface area contributed by atoms with E-state index in [0.717, 1.165) is 0 Å². The quantitative estimate of drug-likeness (QED) is 0.910. The van der Waals surface area contributed by atoms with Gasteiger partial charge in [0, 0.05) is 18.3 Å². The first-order chi connectivity index (χ1) is 9.25. The molecule has 110 valence electrons. The molecule has 1 aliphatic heterocycles. The molecule has 0 aromatic carbocycles. The van der Waals surface area contributed by atoms with E-state index in [-0.39, 0.29) is 12.1 Å². The minimum Gasteiger partial charge on any atom is -0.364 e. The highest BCUT2D eigenvalue weighted by Gasteiger charge is 2.51. The second-order valence-electron chi connectivity index (χ2n) is 4.95. The van der Waals surface area contributed by atoms with Gasteiger partial charge in [-0.2, -0.15) is 15.2 Å². The lowest BCUT2D eigenvalue weighted by Crippen LogP contribution is -2.53. The Labute approximate surface area is 114 Å². The van der Waals surface area contributed by atoms with Gasteiger partial charge >= 0.3 is 0 Å². The molecule has 2 rings (SSSR count). The molecule has 20 heavy (non-hydrogen) atoms. The molecule has 0 radical (unpaired) electrons. The molecule has 1 aliphatic rings. The van der Waals surface area contributed by atoms with Crippen LogP contribution in [0.25, 0.3) is 0 Å². The number of aromatic nitrogens is 2. The SMILES string of the molecule is CC1=NN(C(=O)[C@H](C)n2ccc(C)n2)[C@@](O)(C(F)F)C1. The van der Waals surface area contributed by atoms with Gasteiger partial charge < -0.3 is 5.11 Å². The number of carbonyl (C=O) groups excluding carboxylic acids is 1. The highest BCUT2D eigenvalue weighted by atomic mass is 19.3. The van der Waals surface area contributed by atoms with E-state index < -0.39 is 24.1 Å². The number of hydrogen-bond donors (Lipinski definition) is 1. The summed E-state index contributed by atoms with van der Waals surface area (Å²) in [5.41, 5.74) is -1.59. The van der Waals surface area contributed by atoms with Crippen LogP contribution in [-0.4, -0.2) is 43.7 Å². The highest BCUT2D eigenvalue weighted by molar-refractivity contribution is 5.90. The number of alkyl halides is 2. The van der Waals surface area contributed by atoms with Gasteiger partial charge in [0.2, 0.25) is 5.72 Å². The molecule has 0 bridgehead atoms. The Morgan fingerprint density at radius 3 is 2.65 bits per heavy atom. The highest BCUT2D eigenvalue weighted by Crippen LogP contribution is 2.33. The normalized spacial score (nSPS) is 24.1. The van der Waals surface area contributed by atoms with Crippen molar-refractivity contribution in [1.29, 1.82) is 0 Å². The number of aryl methyl sites for hydroxylation is 1. The number of hydrogen-bond acceptors (Lipinski definition) is 4. The number of carbonyl (C=O) groups is 1. The van der Waals surface area contributed by atoms with Gasteiger partial charge in [0.1, 0.15) is 6.04 Å². The van der Waals surface area contributed by atoms with Crippen LogP contribution in [0, 0.1) is 6.92 Å². The van der Waals surface area contributed by atoms with Crippen molar-refractivity contribution in [3.05, 3.63) is 18.0 Å². The van der Waals surface area contributed by atoms with Gasteiger partial charge in [0.25, 0.3) is 12.3 Å². The summed E-state index contributed by atoms with van der Waals surface area (Å²) >= 11 is 0. The fourth-order valence-corrected chi connectivity index (χ4v) is 2.09. The van der Waals surface area contributed by atoms with Gasteiger partial charge in [0.15, 0.2) is 0 Å². The molecule has 0 fully saturated rings. The van der Waals surface area contributed by atoms with Gasteiger partial charge in [-0.05, 0) is 26.8 Å². The predicted octanol–water partition coefficient (Wildman–Crippen LogP) is 1.31. The molecule has 6 nitrogen and oxygen atoms in total. The molecular formula is C12H16F2N4O2. The van der Waals surface area contributed by atoms with Crippen LogP contribution in [0.2, 0.25) is 0 Å². The van der Waals surface area contributed by atoms with E-state index in [1.54, 1.807) is 19.2 Å². The molecule has 2 atom stereocenters. The number of halogens is 2. The van der Waals surface area contributed by atoms with E-state index in [2.05, 4.69) is 10.2 Å². The average Bonchev–Trinajstić information content (AvgIpc) is 2.92. The van der Waals surface area contributed by atoms with Crippen molar-refractivity contribution < 1.29 is 18.7 Å². The largest absolute Gasteiger partial charge is 0.364 e. The zero-order valence-electron chi connectivity index (χ0n) is 11.4. The monoisotopic (exact) mass is 286 g/mol. The van der Waals surface area contributed by atoms with Crippen molar-refractivity contribution in [3.8, 4) is 0 Å². The Balaban J connectivity index is 2.27. The maximum absolute atomic E-state index is 13.0. The summed E-state index contributed by atoms with van der Waals surface area (Å²) in [6.07, 6.45) is -1.88. The molecule has 8 heteroatoms. The Bertz CT molecular complexity index is 557. The zero-order valence-corrected chi connectivity index (χ0v) is 11.4. The van der Waals surface area contributed by atoms with E-state index >= 15 is 0 Å². The summed E-state index contributed by atoms with van der Waals surface area (Å²) in [7, 11) is 0. The lowest BCUT2D eigenvalue weighted by molar-refractivity contribution is -0.194. The molecular weight excluding hydrogens is 270 g/mol. The number of nitrogens with zero attached hydrogens (tertiary/aromatic N) is 4. The van der Waals surface area contributed by atoms with Gasteiger partial charge in [-0.1, -0.05) is 0 Å². The summed E-state index contributed by atoms with van der Waals surface area (Å²) < 4.78 is 27.4. The first-order valence-corrected chi connectivity index (χ1v) is 6.16. The van der Waals surface area contributed by atoms with Crippen molar-refractivity contribution >= 4 is 11.6 Å². The molecule has 1 aromatic rings. The lowest BCUT2D eigenvalue weighted by atomic mass is 10.1. The smallest absolute Gasteiger partial charge is 0.287 e. The van der Waals surface area contributed by atoms with Crippen LogP contribution in [-0.2, 0) is 4.79 Å². The van der Waals surface area contributed by atoms with E-state index in [4.69, 9.17) is 0 Å². The van der Waals surface area contributed by atoms with Crippen molar-refractivity contribution in [3.63, 3.8) is 0 Å². The minimum atomic E-state index is -3.10. The number of rotatable bonds is 3. The van der Waals surface area contributed by atoms with Crippen molar-refractivity contribution in [2.24, 2.45) is 5.10 Å². The molecule has 0 aliphatic carbocycles. The Morgan fingerprint density at radius 2 is 2.15 bits per heavy atom. The Hall–Kier alpha value is -1.83. The number of amides is 1. The molecule has 0 saturated heterocycles. The van der Waals surface area contributed by atoms with Crippen LogP contribution in [0.3, 0.4) is 0 Å². The van der Waals surface area contributed by atoms with Gasteiger partial charge in [-0.3, -0.25) is 9.48 Å². The number of hydrazone groups is 1. The van der Waals surface area contributed by atoms with Gasteiger partial charge in [0.05, 0.1) is 5.69 Å². The average molecular weight is 286 g/mol. The minimum absolute atomic E-state index is 0.282. The first-order valence-electron chi connectivity index (χ1n) is 6.16. The van der Waals surface area contributed by atoms with Crippen LogP contribution >= 0.6 is 0 Å². The van der Waals surface area contributed by atoms with E-state index in [9.17, 15) is 18.7 Å². The Morgan fingerprint density at radius 1 is 1.50 bits per heavy atom. The second-order valence-corrected chi connectivity index (χ2v) is 4.95. The van der Waals surface area contributed by atoms with Crippen LogP contribution in [0.5, 0.6) is 0 Å². The van der Waals surface area contributed by atoms with E-state index in [1.807, 2.05) is 0 Å². The van der Waals surface area contributed by atoms with Crippen molar-refractivity contribution in [2.75, 3.05) is 0 Å². The lowest BCUT2D eigenvalue weighted by Gasteiger charge is -2.31. The molecule has 1 amide bonds. The molecule has 2 heterocycles.